The third kappa shape index (κ3) is 3.08. The van der Waals surface area contributed by atoms with Gasteiger partial charge in [0.1, 0.15) is 0 Å². The largest absolute Gasteiger partial charge is 0.379 e. The molecule has 1 saturated heterocycles. The fourth-order valence-corrected chi connectivity index (χ4v) is 4.71. The zero-order valence-corrected chi connectivity index (χ0v) is 13.7. The smallest absolute Gasteiger partial charge is 0.158 e. The van der Waals surface area contributed by atoms with Crippen LogP contribution in [0.2, 0.25) is 0 Å². The van der Waals surface area contributed by atoms with Crippen molar-refractivity contribution in [2.24, 2.45) is 0 Å². The molecule has 1 aliphatic heterocycles. The number of ether oxygens (including phenoxy) is 1. The molecule has 0 aromatic carbocycles. The van der Waals surface area contributed by atoms with Gasteiger partial charge in [-0.25, -0.2) is 0 Å². The van der Waals surface area contributed by atoms with E-state index in [0.29, 0.717) is 12.2 Å². The number of carbonyl (C=O) groups excluding carboxylic acids is 1. The summed E-state index contributed by atoms with van der Waals surface area (Å²) in [5, 5.41) is 0. The summed E-state index contributed by atoms with van der Waals surface area (Å²) < 4.78 is 5.47. The molecule has 0 N–H and O–H groups in total. The zero-order valence-electron chi connectivity index (χ0n) is 12.9. The number of nitrogens with zero attached hydrogens (tertiary/aromatic N) is 1. The van der Waals surface area contributed by atoms with Gasteiger partial charge in [-0.2, -0.15) is 0 Å². The number of Topliss-reactive ketones (excluding diaryl/α,β-unsaturated/α-hetero) is 1. The van der Waals surface area contributed by atoms with Gasteiger partial charge in [-0.15, -0.1) is 11.3 Å². The van der Waals surface area contributed by atoms with E-state index in [1.807, 2.05) is 0 Å². The van der Waals surface area contributed by atoms with E-state index < -0.39 is 0 Å². The van der Waals surface area contributed by atoms with Gasteiger partial charge in [-0.05, 0) is 31.4 Å². The number of thiophene rings is 1. The lowest BCUT2D eigenvalue weighted by Gasteiger charge is -2.42. The molecule has 0 spiro atoms. The molecular formula is C17H25NO2S. The molecular weight excluding hydrogens is 282 g/mol. The average molecular weight is 307 g/mol. The molecule has 0 atom stereocenters. The van der Waals surface area contributed by atoms with Crippen LogP contribution in [-0.2, 0) is 22.4 Å². The van der Waals surface area contributed by atoms with E-state index >= 15 is 0 Å². The molecule has 2 fully saturated rings. The van der Waals surface area contributed by atoms with Crippen LogP contribution in [0.15, 0.2) is 12.1 Å². The molecule has 3 rings (SSSR count). The Morgan fingerprint density at radius 2 is 1.90 bits per heavy atom. The third-order valence-corrected chi connectivity index (χ3v) is 6.20. The molecule has 1 aromatic heterocycles. The van der Waals surface area contributed by atoms with Crippen LogP contribution in [0, 0.1) is 0 Å². The molecule has 0 amide bonds. The number of rotatable bonds is 5. The molecule has 4 heteroatoms. The van der Waals surface area contributed by atoms with Gasteiger partial charge >= 0.3 is 0 Å². The Balaban J connectivity index is 1.74. The molecule has 21 heavy (non-hydrogen) atoms. The van der Waals surface area contributed by atoms with Crippen molar-refractivity contribution in [2.45, 2.75) is 51.0 Å². The van der Waals surface area contributed by atoms with Gasteiger partial charge in [0, 0.05) is 29.3 Å². The number of morpholine rings is 1. The summed E-state index contributed by atoms with van der Waals surface area (Å²) in [5.74, 6) is 0.436. The van der Waals surface area contributed by atoms with E-state index in [0.717, 1.165) is 45.6 Å². The van der Waals surface area contributed by atoms with Gasteiger partial charge in [-0.1, -0.05) is 19.8 Å². The highest BCUT2D eigenvalue weighted by molar-refractivity contribution is 7.12. The number of hydrogen-bond donors (Lipinski definition) is 0. The van der Waals surface area contributed by atoms with Crippen LogP contribution in [0.5, 0.6) is 0 Å². The Morgan fingerprint density at radius 1 is 1.24 bits per heavy atom. The highest BCUT2D eigenvalue weighted by Gasteiger charge is 2.45. The minimum atomic E-state index is -0.194. The van der Waals surface area contributed by atoms with Crippen molar-refractivity contribution in [1.82, 2.24) is 4.90 Å². The van der Waals surface area contributed by atoms with Crippen molar-refractivity contribution in [2.75, 3.05) is 26.3 Å². The summed E-state index contributed by atoms with van der Waals surface area (Å²) >= 11 is 1.80. The number of aryl methyl sites for hydroxylation is 1. The summed E-state index contributed by atoms with van der Waals surface area (Å²) in [7, 11) is 0. The van der Waals surface area contributed by atoms with Crippen LogP contribution < -0.4 is 0 Å². The number of carbonyl (C=O) groups is 1. The lowest BCUT2D eigenvalue weighted by Crippen LogP contribution is -2.57. The fraction of sp³-hybridized carbons (Fsp3) is 0.706. The molecule has 0 radical (unpaired) electrons. The quantitative estimate of drug-likeness (QED) is 0.837. The van der Waals surface area contributed by atoms with E-state index in [1.165, 1.54) is 22.6 Å². The van der Waals surface area contributed by atoms with Gasteiger partial charge in [0.25, 0.3) is 0 Å². The topological polar surface area (TPSA) is 29.5 Å². The van der Waals surface area contributed by atoms with Crippen molar-refractivity contribution < 1.29 is 9.53 Å². The fourth-order valence-electron chi connectivity index (χ4n) is 3.75. The van der Waals surface area contributed by atoms with Crippen LogP contribution >= 0.6 is 11.3 Å². The molecule has 1 aliphatic carbocycles. The van der Waals surface area contributed by atoms with Crippen LogP contribution in [0.1, 0.15) is 42.4 Å². The van der Waals surface area contributed by atoms with E-state index in [9.17, 15) is 4.79 Å². The monoisotopic (exact) mass is 307 g/mol. The van der Waals surface area contributed by atoms with Gasteiger partial charge in [-0.3, -0.25) is 9.69 Å². The second kappa shape index (κ2) is 6.59. The summed E-state index contributed by atoms with van der Waals surface area (Å²) in [5.41, 5.74) is -0.194. The van der Waals surface area contributed by atoms with Crippen molar-refractivity contribution in [3.05, 3.63) is 21.9 Å². The van der Waals surface area contributed by atoms with Crippen LogP contribution in [0.4, 0.5) is 0 Å². The molecule has 0 bridgehead atoms. The Bertz CT molecular complexity index is 485. The van der Waals surface area contributed by atoms with Gasteiger partial charge < -0.3 is 4.74 Å². The minimum absolute atomic E-state index is 0.194. The van der Waals surface area contributed by atoms with Crippen molar-refractivity contribution in [1.29, 1.82) is 0 Å². The SMILES string of the molecule is CCc1ccc(CC(=O)C2(N3CCOCC3)CCCC2)s1. The van der Waals surface area contributed by atoms with E-state index in [2.05, 4.69) is 24.0 Å². The first-order chi connectivity index (χ1) is 10.2. The maximum atomic E-state index is 13.1. The highest BCUT2D eigenvalue weighted by atomic mass is 32.1. The van der Waals surface area contributed by atoms with Gasteiger partial charge in [0.05, 0.1) is 18.8 Å². The molecule has 1 aromatic rings. The predicted octanol–water partition coefficient (Wildman–Crippen LogP) is 3.07. The van der Waals surface area contributed by atoms with Gasteiger partial charge in [0.2, 0.25) is 0 Å². The Labute approximate surface area is 131 Å². The van der Waals surface area contributed by atoms with Crippen LogP contribution in [0.3, 0.4) is 0 Å². The van der Waals surface area contributed by atoms with Crippen LogP contribution in [-0.4, -0.2) is 42.5 Å². The minimum Gasteiger partial charge on any atom is -0.379 e. The Kier molecular flexibility index (Phi) is 4.77. The van der Waals surface area contributed by atoms with Crippen molar-refractivity contribution in [3.63, 3.8) is 0 Å². The third-order valence-electron chi connectivity index (χ3n) is 4.97. The second-order valence-electron chi connectivity index (χ2n) is 6.16. The predicted molar refractivity (Wildman–Crippen MR) is 86.0 cm³/mol. The van der Waals surface area contributed by atoms with Gasteiger partial charge in [0.15, 0.2) is 5.78 Å². The zero-order chi connectivity index (χ0) is 14.7. The first-order valence-electron chi connectivity index (χ1n) is 8.18. The standard InChI is InChI=1S/C17H25NO2S/c1-2-14-5-6-15(21-14)13-16(19)17(7-3-4-8-17)18-9-11-20-12-10-18/h5-6H,2-4,7-13H2,1H3. The maximum Gasteiger partial charge on any atom is 0.158 e. The van der Waals surface area contributed by atoms with Crippen molar-refractivity contribution >= 4 is 17.1 Å². The van der Waals surface area contributed by atoms with Crippen molar-refractivity contribution in [3.8, 4) is 0 Å². The number of hydrogen-bond acceptors (Lipinski definition) is 4. The summed E-state index contributed by atoms with van der Waals surface area (Å²) in [6.07, 6.45) is 6.13. The lowest BCUT2D eigenvalue weighted by molar-refractivity contribution is -0.133. The van der Waals surface area contributed by atoms with E-state index in [-0.39, 0.29) is 5.54 Å². The number of ketones is 1. The summed E-state index contributed by atoms with van der Waals surface area (Å²) in [4.78, 5) is 18.1. The molecule has 1 saturated carbocycles. The Morgan fingerprint density at radius 3 is 2.52 bits per heavy atom. The average Bonchev–Trinajstić information content (AvgIpc) is 3.18. The van der Waals surface area contributed by atoms with E-state index in [1.54, 1.807) is 11.3 Å². The lowest BCUT2D eigenvalue weighted by atomic mass is 9.87. The first kappa shape index (κ1) is 15.2. The molecule has 2 aliphatic rings. The Hall–Kier alpha value is -0.710. The second-order valence-corrected chi connectivity index (χ2v) is 7.41. The molecule has 116 valence electrons. The summed E-state index contributed by atoms with van der Waals surface area (Å²) in [6, 6.07) is 4.31. The van der Waals surface area contributed by atoms with E-state index in [4.69, 9.17) is 4.74 Å². The first-order valence-corrected chi connectivity index (χ1v) is 9.00. The van der Waals surface area contributed by atoms with Crippen LogP contribution in [0.25, 0.3) is 0 Å². The molecule has 0 unspecified atom stereocenters. The summed E-state index contributed by atoms with van der Waals surface area (Å²) in [6.45, 7) is 5.54. The maximum absolute atomic E-state index is 13.1. The normalized spacial score (nSPS) is 22.5. The highest BCUT2D eigenvalue weighted by Crippen LogP contribution is 2.38. The molecule has 2 heterocycles. The molecule has 3 nitrogen and oxygen atoms in total.